The third-order valence-corrected chi connectivity index (χ3v) is 5.88. The van der Waals surface area contributed by atoms with E-state index in [-0.39, 0.29) is 5.41 Å². The minimum absolute atomic E-state index is 0.216. The van der Waals surface area contributed by atoms with Gasteiger partial charge < -0.3 is 5.73 Å². The maximum Gasteiger partial charge on any atom is 0.123 e. The molecule has 1 aliphatic rings. The molecule has 1 aromatic rings. The highest BCUT2D eigenvalue weighted by Crippen LogP contribution is 2.49. The summed E-state index contributed by atoms with van der Waals surface area (Å²) in [6.45, 7) is 15.2. The Hall–Kier alpha value is -1.83. The van der Waals surface area contributed by atoms with Gasteiger partial charge in [-0.2, -0.15) is 0 Å². The fourth-order valence-corrected chi connectivity index (χ4v) is 4.01. The third kappa shape index (κ3) is 4.37. The Morgan fingerprint density at radius 3 is 2.83 bits per heavy atom. The summed E-state index contributed by atoms with van der Waals surface area (Å²) >= 11 is 0. The van der Waals surface area contributed by atoms with Crippen molar-refractivity contribution in [1.82, 2.24) is 4.98 Å². The van der Waals surface area contributed by atoms with Crippen molar-refractivity contribution >= 4 is 11.9 Å². The summed E-state index contributed by atoms with van der Waals surface area (Å²) in [4.78, 5) is 4.13. The van der Waals surface area contributed by atoms with E-state index in [2.05, 4.69) is 57.1 Å². The smallest absolute Gasteiger partial charge is 0.123 e. The number of allylic oxidation sites excluding steroid dienone is 3. The van der Waals surface area contributed by atoms with E-state index in [1.165, 1.54) is 24.8 Å². The van der Waals surface area contributed by atoms with E-state index in [0.29, 0.717) is 17.7 Å². The van der Waals surface area contributed by atoms with E-state index in [1.54, 1.807) is 0 Å². The van der Waals surface area contributed by atoms with Gasteiger partial charge in [0.25, 0.3) is 0 Å². The number of hydrogen-bond donors (Lipinski definition) is 1. The molecule has 130 valence electrons. The average Bonchev–Trinajstić information content (AvgIpc) is 2.56. The van der Waals surface area contributed by atoms with Gasteiger partial charge in [0.15, 0.2) is 0 Å². The second-order valence-corrected chi connectivity index (χ2v) is 7.78. The zero-order valence-corrected chi connectivity index (χ0v) is 15.5. The van der Waals surface area contributed by atoms with Crippen LogP contribution in [0.25, 0.3) is 6.08 Å². The summed E-state index contributed by atoms with van der Waals surface area (Å²) in [6.07, 6.45) is 13.2. The first kappa shape index (κ1) is 18.5. The van der Waals surface area contributed by atoms with E-state index in [0.717, 1.165) is 17.9 Å². The molecule has 1 heterocycles. The van der Waals surface area contributed by atoms with Crippen LogP contribution in [0.4, 0.5) is 5.82 Å². The minimum Gasteiger partial charge on any atom is -0.384 e. The number of rotatable bonds is 6. The molecule has 2 N–H and O–H groups in total. The predicted octanol–water partition coefficient (Wildman–Crippen LogP) is 5.89. The SMILES string of the molecule is C=C[C@]1(C)CC[C@@H](C(C)C/C=C/c2ccc(N)nc2)C[C@H]1C(=C)C. The van der Waals surface area contributed by atoms with Crippen molar-refractivity contribution in [2.45, 2.75) is 46.5 Å². The third-order valence-electron chi connectivity index (χ3n) is 5.88. The summed E-state index contributed by atoms with van der Waals surface area (Å²) in [5, 5.41) is 0. The second-order valence-electron chi connectivity index (χ2n) is 7.78. The molecule has 1 saturated carbocycles. The molecule has 0 amide bonds. The van der Waals surface area contributed by atoms with Gasteiger partial charge in [-0.1, -0.05) is 44.2 Å². The number of pyridine rings is 1. The number of anilines is 1. The van der Waals surface area contributed by atoms with Crippen LogP contribution in [-0.4, -0.2) is 4.98 Å². The molecule has 24 heavy (non-hydrogen) atoms. The molecule has 0 bridgehead atoms. The van der Waals surface area contributed by atoms with Crippen LogP contribution in [0.2, 0.25) is 0 Å². The number of hydrogen-bond acceptors (Lipinski definition) is 2. The van der Waals surface area contributed by atoms with Crippen molar-refractivity contribution in [1.29, 1.82) is 0 Å². The Balaban J connectivity index is 1.95. The summed E-state index contributed by atoms with van der Waals surface area (Å²) in [7, 11) is 0. The van der Waals surface area contributed by atoms with Gasteiger partial charge in [-0.15, -0.1) is 6.58 Å². The van der Waals surface area contributed by atoms with Crippen molar-refractivity contribution in [2.24, 2.45) is 23.2 Å². The topological polar surface area (TPSA) is 38.9 Å². The maximum absolute atomic E-state index is 5.62. The molecule has 0 aliphatic heterocycles. The lowest BCUT2D eigenvalue weighted by atomic mass is 9.60. The van der Waals surface area contributed by atoms with E-state index in [1.807, 2.05) is 18.3 Å². The van der Waals surface area contributed by atoms with Gasteiger partial charge in [-0.3, -0.25) is 0 Å². The minimum atomic E-state index is 0.216. The van der Waals surface area contributed by atoms with Crippen LogP contribution in [0.1, 0.15) is 52.0 Å². The van der Waals surface area contributed by atoms with E-state index >= 15 is 0 Å². The van der Waals surface area contributed by atoms with Gasteiger partial charge >= 0.3 is 0 Å². The zero-order valence-electron chi connectivity index (χ0n) is 15.5. The Morgan fingerprint density at radius 2 is 2.25 bits per heavy atom. The van der Waals surface area contributed by atoms with Gasteiger partial charge in [0, 0.05) is 6.20 Å². The van der Waals surface area contributed by atoms with Gasteiger partial charge in [0.05, 0.1) is 0 Å². The maximum atomic E-state index is 5.62. The van der Waals surface area contributed by atoms with Crippen molar-refractivity contribution in [3.8, 4) is 0 Å². The highest BCUT2D eigenvalue weighted by Gasteiger charge is 2.39. The highest BCUT2D eigenvalue weighted by molar-refractivity contribution is 5.49. The van der Waals surface area contributed by atoms with Gasteiger partial charge in [0.2, 0.25) is 0 Å². The molecule has 2 heteroatoms. The average molecular weight is 325 g/mol. The van der Waals surface area contributed by atoms with Crippen molar-refractivity contribution in [3.63, 3.8) is 0 Å². The van der Waals surface area contributed by atoms with Crippen molar-refractivity contribution in [2.75, 3.05) is 5.73 Å². The number of nitrogens with two attached hydrogens (primary N) is 1. The summed E-state index contributed by atoms with van der Waals surface area (Å²) in [5.74, 6) is 2.56. The molecule has 1 aromatic heterocycles. The molecule has 0 aromatic carbocycles. The van der Waals surface area contributed by atoms with Crippen LogP contribution in [0.15, 0.2) is 49.2 Å². The van der Waals surface area contributed by atoms with Crippen molar-refractivity contribution in [3.05, 3.63) is 54.8 Å². The van der Waals surface area contributed by atoms with Crippen molar-refractivity contribution < 1.29 is 0 Å². The summed E-state index contributed by atoms with van der Waals surface area (Å²) in [6, 6.07) is 3.86. The molecule has 0 radical (unpaired) electrons. The molecular weight excluding hydrogens is 292 g/mol. The number of aromatic nitrogens is 1. The first-order chi connectivity index (χ1) is 11.4. The normalized spacial score (nSPS) is 28.6. The Morgan fingerprint density at radius 1 is 1.50 bits per heavy atom. The fraction of sp³-hybridized carbons (Fsp3) is 0.500. The van der Waals surface area contributed by atoms with Crippen LogP contribution in [0.5, 0.6) is 0 Å². The molecule has 4 atom stereocenters. The molecule has 0 spiro atoms. The van der Waals surface area contributed by atoms with Crippen LogP contribution < -0.4 is 5.73 Å². The molecule has 1 fully saturated rings. The van der Waals surface area contributed by atoms with Crippen LogP contribution >= 0.6 is 0 Å². The van der Waals surface area contributed by atoms with Crippen LogP contribution in [0.3, 0.4) is 0 Å². The molecule has 1 aliphatic carbocycles. The zero-order chi connectivity index (χ0) is 17.7. The summed E-state index contributed by atoms with van der Waals surface area (Å²) in [5.41, 5.74) is 8.25. The van der Waals surface area contributed by atoms with E-state index in [9.17, 15) is 0 Å². The standard InChI is InChI=1S/C22H32N2/c1-6-22(5)13-12-19(14-20(22)16(2)3)17(4)8-7-9-18-10-11-21(23)24-15-18/h6-7,9-11,15,17,19-20H,1-2,8,12-14H2,3-5H3,(H2,23,24)/b9-7+/t17?,19-,20+,22-/m1/s1. The summed E-state index contributed by atoms with van der Waals surface area (Å²) < 4.78 is 0. The molecule has 2 nitrogen and oxygen atoms in total. The lowest BCUT2D eigenvalue weighted by Gasteiger charge is -2.45. The lowest BCUT2D eigenvalue weighted by molar-refractivity contribution is 0.122. The number of nitrogen functional groups attached to an aromatic ring is 1. The first-order valence-corrected chi connectivity index (χ1v) is 9.03. The first-order valence-electron chi connectivity index (χ1n) is 9.03. The highest BCUT2D eigenvalue weighted by atomic mass is 14.8. The molecule has 0 saturated heterocycles. The van der Waals surface area contributed by atoms with Gasteiger partial charge in [0.1, 0.15) is 5.82 Å². The Labute approximate surface area is 147 Å². The Kier molecular flexibility index (Phi) is 6.04. The van der Waals surface area contributed by atoms with Crippen LogP contribution in [0, 0.1) is 23.2 Å². The quantitative estimate of drug-likeness (QED) is 0.663. The van der Waals surface area contributed by atoms with E-state index in [4.69, 9.17) is 5.73 Å². The Bertz CT molecular complexity index is 599. The monoisotopic (exact) mass is 324 g/mol. The largest absolute Gasteiger partial charge is 0.384 e. The molecule has 2 rings (SSSR count). The van der Waals surface area contributed by atoms with Gasteiger partial charge in [-0.05, 0) is 73.5 Å². The van der Waals surface area contributed by atoms with E-state index < -0.39 is 0 Å². The lowest BCUT2D eigenvalue weighted by Crippen LogP contribution is -2.35. The van der Waals surface area contributed by atoms with Gasteiger partial charge in [-0.25, -0.2) is 4.98 Å². The fourth-order valence-electron chi connectivity index (χ4n) is 4.01. The van der Waals surface area contributed by atoms with Crippen LogP contribution in [-0.2, 0) is 0 Å². The number of nitrogens with zero attached hydrogens (tertiary/aromatic N) is 1. The molecule has 1 unspecified atom stereocenters. The molecular formula is C22H32N2. The predicted molar refractivity (Wildman–Crippen MR) is 105 cm³/mol. The second kappa shape index (κ2) is 7.83.